The smallest absolute Gasteiger partial charge is 0.0701 e. The summed E-state index contributed by atoms with van der Waals surface area (Å²) in [5.74, 6) is 0. The first-order valence-corrected chi connectivity index (χ1v) is 6.26. The molecule has 1 aromatic heterocycles. The van der Waals surface area contributed by atoms with E-state index in [2.05, 4.69) is 5.10 Å². The number of hydrogen-bond acceptors (Lipinski definition) is 3. The summed E-state index contributed by atoms with van der Waals surface area (Å²) < 4.78 is 12.3. The average Bonchev–Trinajstić information content (AvgIpc) is 2.53. The Hall–Kier alpha value is -0.580. The number of methoxy groups -OCH3 is 1. The first-order valence-electron chi connectivity index (χ1n) is 5.82. The normalized spacial score (nSPS) is 13.0. The number of hydrogen-bond donors (Lipinski definition) is 0. The van der Waals surface area contributed by atoms with Gasteiger partial charge in [-0.25, -0.2) is 0 Å². The Kier molecular flexibility index (Phi) is 5.95. The third kappa shape index (κ3) is 3.98. The number of halogens is 1. The van der Waals surface area contributed by atoms with Crippen molar-refractivity contribution in [3.8, 4) is 0 Å². The van der Waals surface area contributed by atoms with Gasteiger partial charge in [0, 0.05) is 18.4 Å². The van der Waals surface area contributed by atoms with Crippen molar-refractivity contribution in [1.82, 2.24) is 9.78 Å². The molecule has 5 heteroatoms. The van der Waals surface area contributed by atoms with E-state index < -0.39 is 0 Å². The third-order valence-corrected chi connectivity index (χ3v) is 2.93. The van der Waals surface area contributed by atoms with Crippen molar-refractivity contribution >= 4 is 11.6 Å². The molecule has 0 aliphatic heterocycles. The van der Waals surface area contributed by atoms with Crippen molar-refractivity contribution in [3.05, 3.63) is 17.0 Å². The van der Waals surface area contributed by atoms with Gasteiger partial charge in [-0.3, -0.25) is 4.68 Å². The molecule has 0 saturated carbocycles. The van der Waals surface area contributed by atoms with Crippen LogP contribution in [0.25, 0.3) is 0 Å². The Morgan fingerprint density at radius 3 is 2.53 bits per heavy atom. The minimum atomic E-state index is -0.00170. The number of rotatable bonds is 7. The van der Waals surface area contributed by atoms with Gasteiger partial charge in [-0.05, 0) is 20.8 Å². The van der Waals surface area contributed by atoms with Crippen LogP contribution in [0, 0.1) is 13.8 Å². The minimum absolute atomic E-state index is 0.00170. The zero-order valence-corrected chi connectivity index (χ0v) is 11.8. The summed E-state index contributed by atoms with van der Waals surface area (Å²) in [6.07, 6.45) is 0. The van der Waals surface area contributed by atoms with Crippen LogP contribution in [-0.4, -0.2) is 36.7 Å². The number of aromatic nitrogens is 2. The molecule has 1 unspecified atom stereocenters. The average molecular weight is 261 g/mol. The quantitative estimate of drug-likeness (QED) is 0.558. The maximum atomic E-state index is 6.13. The number of nitrogens with zero attached hydrogens (tertiary/aromatic N) is 2. The van der Waals surface area contributed by atoms with Gasteiger partial charge in [0.1, 0.15) is 0 Å². The van der Waals surface area contributed by atoms with E-state index in [1.165, 1.54) is 0 Å². The highest BCUT2D eigenvalue weighted by atomic mass is 35.5. The fourth-order valence-corrected chi connectivity index (χ4v) is 2.22. The Morgan fingerprint density at radius 2 is 2.00 bits per heavy atom. The highest BCUT2D eigenvalue weighted by molar-refractivity contribution is 6.20. The van der Waals surface area contributed by atoms with Crippen LogP contribution in [-0.2, 0) is 16.0 Å². The summed E-state index contributed by atoms with van der Waals surface area (Å²) in [6.45, 7) is 8.64. The van der Waals surface area contributed by atoms with Crippen LogP contribution in [0.4, 0.5) is 0 Å². The molecule has 0 bridgehead atoms. The second-order valence-electron chi connectivity index (χ2n) is 4.03. The van der Waals surface area contributed by atoms with Crippen LogP contribution in [0.2, 0.25) is 0 Å². The van der Waals surface area contributed by atoms with Crippen LogP contribution in [0.1, 0.15) is 29.3 Å². The molecule has 1 heterocycles. The van der Waals surface area contributed by atoms with Crippen molar-refractivity contribution in [1.29, 1.82) is 0 Å². The molecule has 0 aromatic carbocycles. The molecule has 1 atom stereocenters. The zero-order valence-electron chi connectivity index (χ0n) is 11.0. The van der Waals surface area contributed by atoms with E-state index in [0.717, 1.165) is 23.5 Å². The molecule has 0 N–H and O–H groups in total. The lowest BCUT2D eigenvalue weighted by Crippen LogP contribution is -2.11. The second-order valence-corrected chi connectivity index (χ2v) is 4.68. The van der Waals surface area contributed by atoms with Gasteiger partial charge in [-0.2, -0.15) is 5.10 Å². The lowest BCUT2D eigenvalue weighted by Gasteiger charge is -2.07. The van der Waals surface area contributed by atoms with Gasteiger partial charge in [0.25, 0.3) is 0 Å². The Labute approximate surface area is 108 Å². The summed E-state index contributed by atoms with van der Waals surface area (Å²) in [6, 6.07) is 0. The molecule has 0 amide bonds. The van der Waals surface area contributed by atoms with Gasteiger partial charge in [-0.1, -0.05) is 0 Å². The molecule has 4 nitrogen and oxygen atoms in total. The molecule has 0 aliphatic carbocycles. The summed E-state index contributed by atoms with van der Waals surface area (Å²) in [4.78, 5) is 0. The van der Waals surface area contributed by atoms with Gasteiger partial charge in [0.05, 0.1) is 37.4 Å². The van der Waals surface area contributed by atoms with Gasteiger partial charge in [-0.15, -0.1) is 11.6 Å². The van der Waals surface area contributed by atoms with E-state index in [1.807, 2.05) is 25.5 Å². The van der Waals surface area contributed by atoms with Crippen LogP contribution < -0.4 is 0 Å². The van der Waals surface area contributed by atoms with Gasteiger partial charge in [0.2, 0.25) is 0 Å². The Morgan fingerprint density at radius 1 is 1.29 bits per heavy atom. The Balaban J connectivity index is 2.52. The number of ether oxygens (including phenoxy) is 2. The van der Waals surface area contributed by atoms with Crippen molar-refractivity contribution in [2.75, 3.05) is 26.9 Å². The van der Waals surface area contributed by atoms with E-state index in [9.17, 15) is 0 Å². The van der Waals surface area contributed by atoms with Crippen LogP contribution in [0.15, 0.2) is 0 Å². The molecule has 98 valence electrons. The molecule has 1 aromatic rings. The topological polar surface area (TPSA) is 36.3 Å². The fourth-order valence-electron chi connectivity index (χ4n) is 1.90. The predicted octanol–water partition coefficient (Wildman–Crippen LogP) is 2.46. The van der Waals surface area contributed by atoms with Crippen LogP contribution in [0.5, 0.6) is 0 Å². The van der Waals surface area contributed by atoms with Crippen LogP contribution in [0.3, 0.4) is 0 Å². The summed E-state index contributed by atoms with van der Waals surface area (Å²) >= 11 is 6.13. The summed E-state index contributed by atoms with van der Waals surface area (Å²) in [5.41, 5.74) is 3.26. The molecular weight excluding hydrogens is 240 g/mol. The SMILES string of the molecule is COCCOCCn1nc(C)c(C(C)Cl)c1C. The van der Waals surface area contributed by atoms with Crippen molar-refractivity contribution in [2.24, 2.45) is 0 Å². The number of aryl methyl sites for hydroxylation is 1. The number of alkyl halides is 1. The highest BCUT2D eigenvalue weighted by Crippen LogP contribution is 2.25. The molecule has 0 fully saturated rings. The molecular formula is C12H21ClN2O2. The van der Waals surface area contributed by atoms with Crippen molar-refractivity contribution in [2.45, 2.75) is 32.7 Å². The Bertz CT molecular complexity index is 351. The second kappa shape index (κ2) is 6.99. The summed E-state index contributed by atoms with van der Waals surface area (Å²) in [7, 11) is 1.67. The molecule has 0 aliphatic rings. The molecule has 0 spiro atoms. The third-order valence-electron chi connectivity index (χ3n) is 2.71. The molecule has 0 radical (unpaired) electrons. The van der Waals surface area contributed by atoms with Crippen LogP contribution >= 0.6 is 11.6 Å². The van der Waals surface area contributed by atoms with E-state index >= 15 is 0 Å². The largest absolute Gasteiger partial charge is 0.382 e. The van der Waals surface area contributed by atoms with Crippen molar-refractivity contribution in [3.63, 3.8) is 0 Å². The highest BCUT2D eigenvalue weighted by Gasteiger charge is 2.15. The lowest BCUT2D eigenvalue weighted by atomic mass is 10.1. The molecule has 1 rings (SSSR count). The van der Waals surface area contributed by atoms with Gasteiger partial charge in [0.15, 0.2) is 0 Å². The van der Waals surface area contributed by atoms with E-state index in [1.54, 1.807) is 7.11 Å². The first kappa shape index (κ1) is 14.5. The minimum Gasteiger partial charge on any atom is -0.382 e. The van der Waals surface area contributed by atoms with E-state index in [0.29, 0.717) is 19.8 Å². The molecule has 0 saturated heterocycles. The first-order chi connectivity index (χ1) is 8.07. The zero-order chi connectivity index (χ0) is 12.8. The van der Waals surface area contributed by atoms with Gasteiger partial charge < -0.3 is 9.47 Å². The van der Waals surface area contributed by atoms with E-state index in [4.69, 9.17) is 21.1 Å². The fraction of sp³-hybridized carbons (Fsp3) is 0.750. The predicted molar refractivity (Wildman–Crippen MR) is 68.7 cm³/mol. The lowest BCUT2D eigenvalue weighted by molar-refractivity contribution is 0.0651. The maximum absolute atomic E-state index is 6.13. The summed E-state index contributed by atoms with van der Waals surface area (Å²) in [5, 5.41) is 4.47. The van der Waals surface area contributed by atoms with Crippen molar-refractivity contribution < 1.29 is 9.47 Å². The molecule has 17 heavy (non-hydrogen) atoms. The maximum Gasteiger partial charge on any atom is 0.0701 e. The standard InChI is InChI=1S/C12H21ClN2O2/c1-9(13)12-10(2)14-15(11(12)3)5-6-17-8-7-16-4/h9H,5-8H2,1-4H3. The van der Waals surface area contributed by atoms with E-state index in [-0.39, 0.29) is 5.38 Å². The monoisotopic (exact) mass is 260 g/mol. The van der Waals surface area contributed by atoms with Gasteiger partial charge >= 0.3 is 0 Å².